The van der Waals surface area contributed by atoms with Crippen molar-refractivity contribution in [3.63, 3.8) is 0 Å². The van der Waals surface area contributed by atoms with Crippen molar-refractivity contribution in [2.75, 3.05) is 14.2 Å². The molecule has 0 aliphatic carbocycles. The van der Waals surface area contributed by atoms with Crippen molar-refractivity contribution < 1.29 is 32.9 Å². The first-order valence-corrected chi connectivity index (χ1v) is 12.3. The Morgan fingerprint density at radius 1 is 1.06 bits per heavy atom. The molecule has 8 heteroatoms. The minimum Gasteiger partial charge on any atom is -0.497 e. The van der Waals surface area contributed by atoms with Gasteiger partial charge in [0.05, 0.1) is 33.9 Å². The highest BCUT2D eigenvalue weighted by Crippen LogP contribution is 2.42. The summed E-state index contributed by atoms with van der Waals surface area (Å²) < 4.78 is 42.1. The average molecular weight is 513 g/mol. The van der Waals surface area contributed by atoms with Crippen molar-refractivity contribution in [2.45, 2.75) is 45.2 Å². The fraction of sp³-hybridized carbons (Fsp3) is 0.321. The van der Waals surface area contributed by atoms with E-state index in [-0.39, 0.29) is 12.4 Å². The van der Waals surface area contributed by atoms with Crippen LogP contribution < -0.4 is 4.74 Å². The lowest BCUT2D eigenvalue weighted by atomic mass is 9.91. The van der Waals surface area contributed by atoms with E-state index < -0.39 is 17.5 Å². The Kier molecular flexibility index (Phi) is 7.96. The van der Waals surface area contributed by atoms with E-state index in [9.17, 15) is 4.79 Å². The molecule has 1 atom stereocenters. The maximum atomic E-state index is 15.0. The molecule has 1 aromatic heterocycles. The third-order valence-corrected chi connectivity index (χ3v) is 7.57. The number of aryl methyl sites for hydroxylation is 1. The molecule has 4 rings (SSSR count). The summed E-state index contributed by atoms with van der Waals surface area (Å²) in [6.07, 6.45) is 2.85. The van der Waals surface area contributed by atoms with Gasteiger partial charge in [-0.1, -0.05) is 30.3 Å². The largest absolute Gasteiger partial charge is 0.497 e. The van der Waals surface area contributed by atoms with Gasteiger partial charge in [-0.3, -0.25) is 4.79 Å². The molecular formula is C28H29FO6S. The van der Waals surface area contributed by atoms with Crippen molar-refractivity contribution in [1.82, 2.24) is 0 Å². The molecule has 190 valence electrons. The molecule has 6 nitrogen and oxygen atoms in total. The second-order valence-corrected chi connectivity index (χ2v) is 9.72. The molecule has 2 heterocycles. The smallest absolute Gasteiger partial charge is 0.306 e. The molecule has 36 heavy (non-hydrogen) atoms. The number of rotatable bonds is 10. The molecule has 0 radical (unpaired) electrons. The quantitative estimate of drug-likeness (QED) is 0.297. The molecule has 0 amide bonds. The molecule has 1 aliphatic heterocycles. The van der Waals surface area contributed by atoms with Crippen LogP contribution in [0.25, 0.3) is 0 Å². The zero-order valence-corrected chi connectivity index (χ0v) is 21.5. The molecular weight excluding hydrogens is 483 g/mol. The van der Waals surface area contributed by atoms with E-state index in [0.29, 0.717) is 23.0 Å². The van der Waals surface area contributed by atoms with Crippen LogP contribution in [0.5, 0.6) is 5.75 Å². The number of carbonyl (C=O) groups excluding carboxylic acids is 1. The van der Waals surface area contributed by atoms with Crippen LogP contribution in [0.4, 0.5) is 4.39 Å². The normalized spacial score (nSPS) is 14.7. The number of ether oxygens (including phenoxy) is 5. The Morgan fingerprint density at radius 2 is 1.78 bits per heavy atom. The third-order valence-electron chi connectivity index (χ3n) is 6.16. The number of methoxy groups -OCH3 is 2. The van der Waals surface area contributed by atoms with E-state index in [4.69, 9.17) is 23.7 Å². The van der Waals surface area contributed by atoms with Crippen molar-refractivity contribution in [2.24, 2.45) is 0 Å². The predicted molar refractivity (Wildman–Crippen MR) is 134 cm³/mol. The van der Waals surface area contributed by atoms with Crippen molar-refractivity contribution >= 4 is 17.3 Å². The minimum absolute atomic E-state index is 0.0712. The van der Waals surface area contributed by atoms with E-state index in [1.807, 2.05) is 49.4 Å². The summed E-state index contributed by atoms with van der Waals surface area (Å²) in [4.78, 5) is 13.3. The molecule has 0 saturated carbocycles. The first kappa shape index (κ1) is 25.7. The van der Waals surface area contributed by atoms with Gasteiger partial charge in [-0.05, 0) is 47.4 Å². The Morgan fingerprint density at radius 3 is 2.44 bits per heavy atom. The maximum Gasteiger partial charge on any atom is 0.306 e. The van der Waals surface area contributed by atoms with E-state index in [0.717, 1.165) is 28.0 Å². The van der Waals surface area contributed by atoms with Crippen LogP contribution in [0.15, 0.2) is 61.1 Å². The topological polar surface area (TPSA) is 63.2 Å². The monoisotopic (exact) mass is 512 g/mol. The Hall–Kier alpha value is -3.36. The van der Waals surface area contributed by atoms with Gasteiger partial charge >= 0.3 is 5.97 Å². The van der Waals surface area contributed by atoms with Crippen molar-refractivity contribution in [3.8, 4) is 5.75 Å². The summed E-state index contributed by atoms with van der Waals surface area (Å²) in [6, 6.07) is 15.1. The van der Waals surface area contributed by atoms with Gasteiger partial charge in [-0.2, -0.15) is 0 Å². The summed E-state index contributed by atoms with van der Waals surface area (Å²) in [7, 11) is 2.98. The highest BCUT2D eigenvalue weighted by Gasteiger charge is 2.38. The first-order chi connectivity index (χ1) is 17.3. The van der Waals surface area contributed by atoms with Gasteiger partial charge in [0.25, 0.3) is 5.79 Å². The van der Waals surface area contributed by atoms with Crippen molar-refractivity contribution in [1.29, 1.82) is 0 Å². The van der Waals surface area contributed by atoms with Crippen LogP contribution in [0, 0.1) is 12.7 Å². The van der Waals surface area contributed by atoms with E-state index in [1.54, 1.807) is 14.0 Å². The van der Waals surface area contributed by atoms with E-state index in [2.05, 4.69) is 0 Å². The summed E-state index contributed by atoms with van der Waals surface area (Å²) in [5.41, 5.74) is 3.97. The van der Waals surface area contributed by atoms with Crippen LogP contribution in [0.2, 0.25) is 0 Å². The summed E-state index contributed by atoms with van der Waals surface area (Å²) in [5.74, 6) is -1.65. The van der Waals surface area contributed by atoms with Crippen LogP contribution in [0.3, 0.4) is 0 Å². The maximum absolute atomic E-state index is 15.0. The number of carbonyl (C=O) groups is 1. The molecule has 2 aromatic carbocycles. The molecule has 0 N–H and O–H groups in total. The summed E-state index contributed by atoms with van der Waals surface area (Å²) >= 11 is 1.22. The number of hydrogen-bond donors (Lipinski definition) is 0. The van der Waals surface area contributed by atoms with Crippen LogP contribution in [-0.2, 0) is 42.7 Å². The zero-order chi connectivity index (χ0) is 25.7. The van der Waals surface area contributed by atoms with E-state index >= 15 is 4.39 Å². The van der Waals surface area contributed by atoms with Gasteiger partial charge in [-0.25, -0.2) is 4.39 Å². The fourth-order valence-electron chi connectivity index (χ4n) is 4.01. The summed E-state index contributed by atoms with van der Waals surface area (Å²) in [5, 5.41) is 0. The predicted octanol–water partition coefficient (Wildman–Crippen LogP) is 6.31. The van der Waals surface area contributed by atoms with Crippen molar-refractivity contribution in [3.05, 3.63) is 98.9 Å². The van der Waals surface area contributed by atoms with Gasteiger partial charge in [0.1, 0.15) is 29.0 Å². The first-order valence-electron chi connectivity index (χ1n) is 11.5. The number of hydrogen-bond acceptors (Lipinski definition) is 7. The molecule has 1 unspecified atom stereocenters. The second-order valence-electron chi connectivity index (χ2n) is 8.64. The Balaban J connectivity index is 1.56. The molecule has 0 bridgehead atoms. The van der Waals surface area contributed by atoms with Crippen LogP contribution >= 0.6 is 11.3 Å². The molecule has 0 saturated heterocycles. The minimum atomic E-state index is -1.23. The van der Waals surface area contributed by atoms with Gasteiger partial charge < -0.3 is 23.7 Å². The number of halogens is 1. The zero-order valence-electron chi connectivity index (χ0n) is 20.7. The number of thiophene rings is 1. The fourth-order valence-corrected chi connectivity index (χ4v) is 5.21. The van der Waals surface area contributed by atoms with Crippen LogP contribution in [0.1, 0.15) is 51.3 Å². The molecule has 0 fully saturated rings. The lowest BCUT2D eigenvalue weighted by Crippen LogP contribution is -2.21. The van der Waals surface area contributed by atoms with Gasteiger partial charge in [0.15, 0.2) is 0 Å². The summed E-state index contributed by atoms with van der Waals surface area (Å²) in [6.45, 7) is 4.51. The SMILES string of the molecule is COC(=O)CC(c1ccc(C)c(COCc2ccc(OC)cc2)c1)c1cc(F)c(C2(C)OC=CO2)s1. The number of esters is 1. The third kappa shape index (κ3) is 5.71. The van der Waals surface area contributed by atoms with Gasteiger partial charge in [0, 0.05) is 17.7 Å². The average Bonchev–Trinajstić information content (AvgIpc) is 3.50. The lowest BCUT2D eigenvalue weighted by molar-refractivity contribution is -0.140. The number of benzene rings is 2. The standard InChI is InChI=1S/C28H29FO6S/c1-18-5-8-20(13-21(18)17-33-16-19-6-9-22(31-3)10-7-19)23(14-26(30)32-4)25-15-24(29)27(36-25)28(2)34-11-12-35-28/h5-13,15,23H,14,16-17H2,1-4H3. The lowest BCUT2D eigenvalue weighted by Gasteiger charge is -2.21. The Bertz CT molecular complexity index is 1230. The molecule has 3 aromatic rings. The second kappa shape index (κ2) is 11.1. The Labute approximate surface area is 214 Å². The molecule has 0 spiro atoms. The molecule has 1 aliphatic rings. The van der Waals surface area contributed by atoms with Gasteiger partial charge in [0.2, 0.25) is 0 Å². The highest BCUT2D eigenvalue weighted by atomic mass is 32.1. The highest BCUT2D eigenvalue weighted by molar-refractivity contribution is 7.12. The van der Waals surface area contributed by atoms with Crippen LogP contribution in [-0.4, -0.2) is 20.2 Å². The van der Waals surface area contributed by atoms with E-state index in [1.165, 1.54) is 37.0 Å². The van der Waals surface area contributed by atoms with Gasteiger partial charge in [-0.15, -0.1) is 11.3 Å².